The van der Waals surface area contributed by atoms with Gasteiger partial charge in [0, 0.05) is 7.05 Å². The average Bonchev–Trinajstić information content (AvgIpc) is 2.61. The molecule has 0 amide bonds. The molecule has 0 bridgehead atoms. The minimum absolute atomic E-state index is 0.0677. The third-order valence-corrected chi connectivity index (χ3v) is 3.51. The Morgan fingerprint density at radius 3 is 2.56 bits per heavy atom. The predicted octanol–water partition coefficient (Wildman–Crippen LogP) is 0.852. The van der Waals surface area contributed by atoms with Gasteiger partial charge in [0.25, 0.3) is 0 Å². The highest BCUT2D eigenvalue weighted by Crippen LogP contribution is 2.37. The quantitative estimate of drug-likeness (QED) is 0.636. The molecule has 0 aromatic carbocycles. The molecule has 7 heteroatoms. The van der Waals surface area contributed by atoms with E-state index in [-0.39, 0.29) is 10.6 Å². The van der Waals surface area contributed by atoms with Gasteiger partial charge in [-0.15, -0.1) is 0 Å². The Morgan fingerprint density at radius 2 is 2.11 bits per heavy atom. The van der Waals surface area contributed by atoms with Crippen LogP contribution in [0.2, 0.25) is 0 Å². The van der Waals surface area contributed by atoms with Gasteiger partial charge in [0.2, 0.25) is 5.82 Å². The summed E-state index contributed by atoms with van der Waals surface area (Å²) < 4.78 is 1.53. The highest BCUT2D eigenvalue weighted by Gasteiger charge is 2.44. The third kappa shape index (κ3) is 1.84. The van der Waals surface area contributed by atoms with Gasteiger partial charge in [0.05, 0.1) is 23.6 Å². The van der Waals surface area contributed by atoms with E-state index >= 15 is 0 Å². The maximum Gasteiger partial charge on any atom is 0.334 e. The summed E-state index contributed by atoms with van der Waals surface area (Å²) in [6, 6.07) is 0. The molecule has 1 fully saturated rings. The van der Waals surface area contributed by atoms with Gasteiger partial charge < -0.3 is 10.0 Å². The summed E-state index contributed by atoms with van der Waals surface area (Å²) in [4.78, 5) is 12.6. The molecule has 0 unspecified atom stereocenters. The van der Waals surface area contributed by atoms with Crippen LogP contribution in [0.5, 0.6) is 0 Å². The molecule has 100 valence electrons. The summed E-state index contributed by atoms with van der Waals surface area (Å²) in [7, 11) is 1.70. The second kappa shape index (κ2) is 4.24. The third-order valence-electron chi connectivity index (χ3n) is 3.51. The molecule has 0 spiro atoms. The Hall–Kier alpha value is -1.63. The van der Waals surface area contributed by atoms with Crippen LogP contribution >= 0.6 is 0 Å². The van der Waals surface area contributed by atoms with Crippen molar-refractivity contribution in [1.29, 1.82) is 0 Å². The molecule has 2 rings (SSSR count). The molecule has 7 nitrogen and oxygen atoms in total. The second-order valence-corrected chi connectivity index (χ2v) is 4.79. The molecule has 2 heterocycles. The fraction of sp³-hybridized carbons (Fsp3) is 0.727. The van der Waals surface area contributed by atoms with Crippen molar-refractivity contribution >= 4 is 11.5 Å². The van der Waals surface area contributed by atoms with Crippen LogP contribution < -0.4 is 4.90 Å². The summed E-state index contributed by atoms with van der Waals surface area (Å²) >= 11 is 0. The maximum atomic E-state index is 11.2. The fourth-order valence-corrected chi connectivity index (χ4v) is 2.38. The fourth-order valence-electron chi connectivity index (χ4n) is 2.38. The molecule has 18 heavy (non-hydrogen) atoms. The first-order valence-corrected chi connectivity index (χ1v) is 6.09. The monoisotopic (exact) mass is 254 g/mol. The second-order valence-electron chi connectivity index (χ2n) is 4.79. The zero-order valence-corrected chi connectivity index (χ0v) is 10.9. The summed E-state index contributed by atoms with van der Waals surface area (Å²) in [5.74, 6) is 0.495. The SMILES string of the molecule is CCc1nn(C)c(N2CC(O)(CC)C2)c1[N+](=O)[O-]. The standard InChI is InChI=1S/C11H18N4O3/c1-4-8-9(15(17)18)10(13(3)12-8)14-6-11(16,5-2)7-14/h16H,4-7H2,1-3H3. The molecule has 1 aromatic rings. The van der Waals surface area contributed by atoms with E-state index in [0.29, 0.717) is 37.4 Å². The van der Waals surface area contributed by atoms with Crippen LogP contribution in [0, 0.1) is 10.1 Å². The number of hydrogen-bond acceptors (Lipinski definition) is 5. The van der Waals surface area contributed by atoms with Crippen molar-refractivity contribution in [1.82, 2.24) is 9.78 Å². The Bertz CT molecular complexity index is 477. The Morgan fingerprint density at radius 1 is 1.50 bits per heavy atom. The lowest BCUT2D eigenvalue weighted by Crippen LogP contribution is -2.62. The molecule has 0 saturated carbocycles. The number of β-amino-alcohol motifs (C(OH)–C–C–N with tert-alkyl or cyclic N) is 1. The van der Waals surface area contributed by atoms with E-state index in [1.807, 2.05) is 18.7 Å². The molecule has 1 aromatic heterocycles. The number of aryl methyl sites for hydroxylation is 2. The number of nitro groups is 1. The minimum Gasteiger partial charge on any atom is -0.386 e. The Kier molecular flexibility index (Phi) is 3.02. The Balaban J connectivity index is 2.34. The average molecular weight is 254 g/mol. The van der Waals surface area contributed by atoms with Gasteiger partial charge in [-0.1, -0.05) is 13.8 Å². The smallest absolute Gasteiger partial charge is 0.334 e. The van der Waals surface area contributed by atoms with E-state index in [9.17, 15) is 15.2 Å². The van der Waals surface area contributed by atoms with Crippen molar-refractivity contribution in [2.24, 2.45) is 7.05 Å². The van der Waals surface area contributed by atoms with Crippen LogP contribution in [0.4, 0.5) is 11.5 Å². The zero-order chi connectivity index (χ0) is 13.5. The molecule has 1 aliphatic heterocycles. The van der Waals surface area contributed by atoms with Gasteiger partial charge in [-0.2, -0.15) is 5.10 Å². The highest BCUT2D eigenvalue weighted by atomic mass is 16.6. The van der Waals surface area contributed by atoms with Gasteiger partial charge in [-0.25, -0.2) is 4.68 Å². The summed E-state index contributed by atoms with van der Waals surface area (Å²) in [5.41, 5.74) is -0.160. The van der Waals surface area contributed by atoms with Crippen molar-refractivity contribution < 1.29 is 10.0 Å². The number of aromatic nitrogens is 2. The van der Waals surface area contributed by atoms with E-state index in [2.05, 4.69) is 5.10 Å². The predicted molar refractivity (Wildman–Crippen MR) is 66.7 cm³/mol. The molecule has 1 aliphatic rings. The first kappa shape index (κ1) is 12.8. The van der Waals surface area contributed by atoms with Crippen LogP contribution in [-0.2, 0) is 13.5 Å². The normalized spacial score (nSPS) is 17.7. The number of aliphatic hydroxyl groups is 1. The molecular formula is C11H18N4O3. The van der Waals surface area contributed by atoms with Crippen molar-refractivity contribution in [2.75, 3.05) is 18.0 Å². The van der Waals surface area contributed by atoms with Gasteiger partial charge >= 0.3 is 5.69 Å². The van der Waals surface area contributed by atoms with Gasteiger partial charge in [-0.3, -0.25) is 10.1 Å². The van der Waals surface area contributed by atoms with E-state index in [0.717, 1.165) is 0 Å². The number of hydrogen-bond donors (Lipinski definition) is 1. The van der Waals surface area contributed by atoms with E-state index in [1.165, 1.54) is 4.68 Å². The van der Waals surface area contributed by atoms with Gasteiger partial charge in [-0.05, 0) is 12.8 Å². The molecule has 1 saturated heterocycles. The Labute approximate surface area is 105 Å². The first-order chi connectivity index (χ1) is 8.41. The summed E-state index contributed by atoms with van der Waals surface area (Å²) in [6.07, 6.45) is 1.17. The van der Waals surface area contributed by atoms with Crippen LogP contribution in [-0.4, -0.2) is 38.5 Å². The summed E-state index contributed by atoms with van der Waals surface area (Å²) in [6.45, 7) is 4.60. The lowest BCUT2D eigenvalue weighted by atomic mass is 9.91. The molecular weight excluding hydrogens is 236 g/mol. The molecule has 0 radical (unpaired) electrons. The van der Waals surface area contributed by atoms with Gasteiger partial charge in [0.15, 0.2) is 0 Å². The van der Waals surface area contributed by atoms with E-state index in [4.69, 9.17) is 0 Å². The topological polar surface area (TPSA) is 84.4 Å². The van der Waals surface area contributed by atoms with Crippen LogP contribution in [0.25, 0.3) is 0 Å². The van der Waals surface area contributed by atoms with Crippen molar-refractivity contribution in [2.45, 2.75) is 32.3 Å². The van der Waals surface area contributed by atoms with E-state index < -0.39 is 5.60 Å². The number of anilines is 1. The van der Waals surface area contributed by atoms with Crippen molar-refractivity contribution in [3.63, 3.8) is 0 Å². The molecule has 0 atom stereocenters. The zero-order valence-electron chi connectivity index (χ0n) is 10.9. The lowest BCUT2D eigenvalue weighted by Gasteiger charge is -2.46. The van der Waals surface area contributed by atoms with Crippen molar-refractivity contribution in [3.8, 4) is 0 Å². The highest BCUT2D eigenvalue weighted by molar-refractivity contribution is 5.63. The van der Waals surface area contributed by atoms with Crippen LogP contribution in [0.3, 0.4) is 0 Å². The van der Waals surface area contributed by atoms with Crippen LogP contribution in [0.15, 0.2) is 0 Å². The maximum absolute atomic E-state index is 11.2. The first-order valence-electron chi connectivity index (χ1n) is 6.09. The van der Waals surface area contributed by atoms with E-state index in [1.54, 1.807) is 7.05 Å². The molecule has 0 aliphatic carbocycles. The lowest BCUT2D eigenvalue weighted by molar-refractivity contribution is -0.384. The largest absolute Gasteiger partial charge is 0.386 e. The van der Waals surface area contributed by atoms with Crippen molar-refractivity contribution in [3.05, 3.63) is 15.8 Å². The van der Waals surface area contributed by atoms with Gasteiger partial charge in [0.1, 0.15) is 5.69 Å². The summed E-state index contributed by atoms with van der Waals surface area (Å²) in [5, 5.41) is 25.3. The minimum atomic E-state index is -0.718. The number of rotatable bonds is 4. The number of nitrogens with zero attached hydrogens (tertiary/aromatic N) is 4. The molecule has 1 N–H and O–H groups in total. The van der Waals surface area contributed by atoms with Crippen LogP contribution in [0.1, 0.15) is 26.0 Å².